The molecule has 2 aromatic carbocycles. The lowest BCUT2D eigenvalue weighted by Gasteiger charge is -2.20. The zero-order valence-electron chi connectivity index (χ0n) is 14.1. The summed E-state index contributed by atoms with van der Waals surface area (Å²) in [6.07, 6.45) is 0.0943. The van der Waals surface area contributed by atoms with Crippen molar-refractivity contribution in [2.24, 2.45) is 0 Å². The van der Waals surface area contributed by atoms with E-state index >= 15 is 0 Å². The smallest absolute Gasteiger partial charge is 0.325 e. The molecule has 0 aromatic heterocycles. The summed E-state index contributed by atoms with van der Waals surface area (Å²) in [6, 6.07) is 11.7. The monoisotopic (exact) mass is 358 g/mol. The molecule has 0 aliphatic carbocycles. The topological polar surface area (TPSA) is 95.5 Å². The van der Waals surface area contributed by atoms with Gasteiger partial charge in [0.05, 0.1) is 0 Å². The fourth-order valence-corrected chi connectivity index (χ4v) is 2.27. The van der Waals surface area contributed by atoms with Crippen molar-refractivity contribution in [1.82, 2.24) is 10.6 Å². The molecule has 0 heterocycles. The number of carboxylic acid groups (broad SMARTS) is 1. The number of carboxylic acids is 1. The Bertz CT molecular complexity index is 778. The standard InChI is InChI=1S/C19H19FN2O4/c1-12(19(25)26)21-18(24)16(11-13-7-9-15(20)10-8-13)22-17(23)14-5-3-2-4-6-14/h2-10,12,16H,11H2,1H3,(H,21,24)(H,22,23)(H,25,26)/t12-,16-/m0/s1. The van der Waals surface area contributed by atoms with Crippen molar-refractivity contribution in [3.63, 3.8) is 0 Å². The molecule has 0 radical (unpaired) electrons. The fraction of sp³-hybridized carbons (Fsp3) is 0.211. The second-order valence-electron chi connectivity index (χ2n) is 5.79. The summed E-state index contributed by atoms with van der Waals surface area (Å²) in [5.74, 6) is -2.69. The molecule has 2 aromatic rings. The molecule has 6 nitrogen and oxygen atoms in total. The molecule has 0 unspecified atom stereocenters. The van der Waals surface area contributed by atoms with E-state index in [0.717, 1.165) is 0 Å². The highest BCUT2D eigenvalue weighted by Gasteiger charge is 2.25. The molecule has 0 bridgehead atoms. The number of benzene rings is 2. The lowest BCUT2D eigenvalue weighted by Crippen LogP contribution is -2.51. The molecule has 2 amide bonds. The average molecular weight is 358 g/mol. The molecule has 3 N–H and O–H groups in total. The second-order valence-corrected chi connectivity index (χ2v) is 5.79. The number of carbonyl (C=O) groups is 3. The highest BCUT2D eigenvalue weighted by atomic mass is 19.1. The second kappa shape index (κ2) is 8.75. The first-order valence-corrected chi connectivity index (χ1v) is 8.00. The van der Waals surface area contributed by atoms with Crippen LogP contribution in [0.2, 0.25) is 0 Å². The molecule has 0 fully saturated rings. The molecule has 0 saturated heterocycles. The molecule has 2 rings (SSSR count). The van der Waals surface area contributed by atoms with Crippen molar-refractivity contribution < 1.29 is 23.9 Å². The highest BCUT2D eigenvalue weighted by molar-refractivity contribution is 5.98. The number of carbonyl (C=O) groups excluding carboxylic acids is 2. The molecule has 26 heavy (non-hydrogen) atoms. The third-order valence-electron chi connectivity index (χ3n) is 3.74. The van der Waals surface area contributed by atoms with Gasteiger partial charge < -0.3 is 15.7 Å². The molecular weight excluding hydrogens is 339 g/mol. The third-order valence-corrected chi connectivity index (χ3v) is 3.74. The molecule has 0 spiro atoms. The van der Waals surface area contributed by atoms with Gasteiger partial charge in [-0.05, 0) is 36.8 Å². The van der Waals surface area contributed by atoms with E-state index in [9.17, 15) is 18.8 Å². The van der Waals surface area contributed by atoms with Gasteiger partial charge in [0.1, 0.15) is 17.9 Å². The maximum atomic E-state index is 13.1. The van der Waals surface area contributed by atoms with Crippen molar-refractivity contribution in [1.29, 1.82) is 0 Å². The van der Waals surface area contributed by atoms with Gasteiger partial charge in [0.25, 0.3) is 5.91 Å². The third kappa shape index (κ3) is 5.41. The van der Waals surface area contributed by atoms with E-state index in [4.69, 9.17) is 5.11 Å². The van der Waals surface area contributed by atoms with Crippen molar-refractivity contribution in [3.8, 4) is 0 Å². The minimum atomic E-state index is -1.19. The summed E-state index contributed by atoms with van der Waals surface area (Å²) < 4.78 is 13.1. The molecule has 2 atom stereocenters. The largest absolute Gasteiger partial charge is 0.480 e. The summed E-state index contributed by atoms with van der Waals surface area (Å²) in [6.45, 7) is 1.33. The van der Waals surface area contributed by atoms with Gasteiger partial charge in [0, 0.05) is 12.0 Å². The quantitative estimate of drug-likeness (QED) is 0.703. The van der Waals surface area contributed by atoms with E-state index in [1.807, 2.05) is 0 Å². The van der Waals surface area contributed by atoms with E-state index < -0.39 is 35.7 Å². The Morgan fingerprint density at radius 2 is 1.62 bits per heavy atom. The van der Waals surface area contributed by atoms with Gasteiger partial charge in [-0.2, -0.15) is 0 Å². The number of hydrogen-bond acceptors (Lipinski definition) is 3. The van der Waals surface area contributed by atoms with Crippen molar-refractivity contribution >= 4 is 17.8 Å². The Kier molecular flexibility index (Phi) is 6.43. The van der Waals surface area contributed by atoms with Crippen LogP contribution in [0.3, 0.4) is 0 Å². The van der Waals surface area contributed by atoms with Crippen LogP contribution in [0.5, 0.6) is 0 Å². The summed E-state index contributed by atoms with van der Waals surface area (Å²) in [4.78, 5) is 35.7. The van der Waals surface area contributed by atoms with Gasteiger partial charge in [-0.1, -0.05) is 30.3 Å². The summed E-state index contributed by atoms with van der Waals surface area (Å²) in [5.41, 5.74) is 0.999. The SMILES string of the molecule is C[C@H](NC(=O)[C@H](Cc1ccc(F)cc1)NC(=O)c1ccccc1)C(=O)O. The molecule has 136 valence electrons. The van der Waals surface area contributed by atoms with Crippen molar-refractivity contribution in [2.75, 3.05) is 0 Å². The first-order chi connectivity index (χ1) is 12.4. The Hall–Kier alpha value is -3.22. The van der Waals surface area contributed by atoms with E-state index in [0.29, 0.717) is 11.1 Å². The minimum absolute atomic E-state index is 0.0943. The molecule has 0 saturated carbocycles. The summed E-state index contributed by atoms with van der Waals surface area (Å²) in [5, 5.41) is 13.9. The van der Waals surface area contributed by atoms with Gasteiger partial charge in [-0.25, -0.2) is 4.39 Å². The summed E-state index contributed by atoms with van der Waals surface area (Å²) in [7, 11) is 0. The Labute approximate surface area is 150 Å². The van der Waals surface area contributed by atoms with Crippen LogP contribution in [0, 0.1) is 5.82 Å². The van der Waals surface area contributed by atoms with E-state index in [1.54, 1.807) is 30.3 Å². The van der Waals surface area contributed by atoms with E-state index in [1.165, 1.54) is 31.2 Å². The number of aliphatic carboxylic acids is 1. The van der Waals surface area contributed by atoms with Gasteiger partial charge in [-0.15, -0.1) is 0 Å². The predicted octanol–water partition coefficient (Wildman–Crippen LogP) is 1.76. The Morgan fingerprint density at radius 1 is 1.00 bits per heavy atom. The number of nitrogens with one attached hydrogen (secondary N) is 2. The first kappa shape index (κ1) is 19.1. The van der Waals surface area contributed by atoms with Gasteiger partial charge in [0.2, 0.25) is 5.91 Å². The Morgan fingerprint density at radius 3 is 2.19 bits per heavy atom. The van der Waals surface area contributed by atoms with Crippen molar-refractivity contribution in [3.05, 3.63) is 71.5 Å². The number of amides is 2. The van der Waals surface area contributed by atoms with Gasteiger partial charge in [-0.3, -0.25) is 14.4 Å². The van der Waals surface area contributed by atoms with Crippen LogP contribution in [0.25, 0.3) is 0 Å². The number of hydrogen-bond donors (Lipinski definition) is 3. The van der Waals surface area contributed by atoms with Crippen LogP contribution in [-0.4, -0.2) is 35.0 Å². The average Bonchev–Trinajstić information content (AvgIpc) is 2.63. The van der Waals surface area contributed by atoms with Crippen molar-refractivity contribution in [2.45, 2.75) is 25.4 Å². The van der Waals surface area contributed by atoms with Gasteiger partial charge >= 0.3 is 5.97 Å². The van der Waals surface area contributed by atoms with Crippen LogP contribution < -0.4 is 10.6 Å². The van der Waals surface area contributed by atoms with Crippen LogP contribution in [0.15, 0.2) is 54.6 Å². The molecule has 0 aliphatic rings. The molecule has 0 aliphatic heterocycles. The maximum Gasteiger partial charge on any atom is 0.325 e. The number of halogens is 1. The minimum Gasteiger partial charge on any atom is -0.480 e. The van der Waals surface area contributed by atoms with E-state index in [-0.39, 0.29) is 6.42 Å². The zero-order chi connectivity index (χ0) is 19.1. The van der Waals surface area contributed by atoms with Crippen LogP contribution in [0.1, 0.15) is 22.8 Å². The van der Waals surface area contributed by atoms with Gasteiger partial charge in [0.15, 0.2) is 0 Å². The lowest BCUT2D eigenvalue weighted by molar-refractivity contribution is -0.141. The zero-order valence-corrected chi connectivity index (χ0v) is 14.1. The normalized spacial score (nSPS) is 12.7. The van der Waals surface area contributed by atoms with Crippen LogP contribution >= 0.6 is 0 Å². The van der Waals surface area contributed by atoms with E-state index in [2.05, 4.69) is 10.6 Å². The lowest BCUT2D eigenvalue weighted by atomic mass is 10.0. The highest BCUT2D eigenvalue weighted by Crippen LogP contribution is 2.08. The first-order valence-electron chi connectivity index (χ1n) is 8.00. The molecule has 7 heteroatoms. The summed E-state index contributed by atoms with van der Waals surface area (Å²) >= 11 is 0. The number of rotatable bonds is 7. The molecular formula is C19H19FN2O4. The van der Waals surface area contributed by atoms with Crippen LogP contribution in [-0.2, 0) is 16.0 Å². The predicted molar refractivity (Wildman–Crippen MR) is 93.0 cm³/mol. The Balaban J connectivity index is 2.17. The van der Waals surface area contributed by atoms with Crippen LogP contribution in [0.4, 0.5) is 4.39 Å². The fourth-order valence-electron chi connectivity index (χ4n) is 2.27. The maximum absolute atomic E-state index is 13.1.